The van der Waals surface area contributed by atoms with Crippen LogP contribution in [0.4, 0.5) is 0 Å². The van der Waals surface area contributed by atoms with Crippen LogP contribution in [0.1, 0.15) is 67.4 Å². The summed E-state index contributed by atoms with van der Waals surface area (Å²) in [5.41, 5.74) is 2.51. The molecule has 1 aromatic heterocycles. The van der Waals surface area contributed by atoms with Crippen LogP contribution in [0.2, 0.25) is 5.15 Å². The largest absolute Gasteiger partial charge is 0.318 e. The topological polar surface area (TPSA) is 17.8 Å². The van der Waals surface area contributed by atoms with Gasteiger partial charge in [0.2, 0.25) is 0 Å². The van der Waals surface area contributed by atoms with E-state index in [1.165, 1.54) is 49.9 Å². The minimum atomic E-state index is 0.583. The molecule has 2 saturated carbocycles. The van der Waals surface area contributed by atoms with E-state index in [4.69, 9.17) is 16.6 Å². The maximum Gasteiger partial charge on any atom is 0.131 e. The Hall–Kier alpha value is -1.28. The first-order chi connectivity index (χ1) is 11.2. The molecule has 0 radical (unpaired) electrons. The van der Waals surface area contributed by atoms with Crippen molar-refractivity contribution in [1.82, 2.24) is 9.55 Å². The third-order valence-electron chi connectivity index (χ3n) is 5.60. The number of rotatable bonds is 4. The lowest BCUT2D eigenvalue weighted by atomic mass is 9.78. The first kappa shape index (κ1) is 15.3. The first-order valence-corrected chi connectivity index (χ1v) is 9.37. The molecule has 0 bridgehead atoms. The van der Waals surface area contributed by atoms with Gasteiger partial charge in [0.05, 0.1) is 5.69 Å². The molecule has 4 rings (SSSR count). The summed E-state index contributed by atoms with van der Waals surface area (Å²) in [6, 6.07) is 11.0. The minimum Gasteiger partial charge on any atom is -0.318 e. The predicted molar refractivity (Wildman–Crippen MR) is 95.1 cm³/mol. The van der Waals surface area contributed by atoms with Gasteiger partial charge >= 0.3 is 0 Å². The second-order valence-electron chi connectivity index (χ2n) is 7.36. The first-order valence-electron chi connectivity index (χ1n) is 9.00. The van der Waals surface area contributed by atoms with Crippen molar-refractivity contribution >= 4 is 11.6 Å². The molecule has 0 saturated heterocycles. The Balaban J connectivity index is 1.49. The van der Waals surface area contributed by atoms with E-state index in [-0.39, 0.29) is 0 Å². The van der Waals surface area contributed by atoms with Gasteiger partial charge in [0.25, 0.3) is 0 Å². The average Bonchev–Trinajstić information content (AvgIpc) is 3.37. The molecule has 1 aromatic carbocycles. The Bertz CT molecular complexity index is 664. The summed E-state index contributed by atoms with van der Waals surface area (Å²) in [6.07, 6.45) is 7.71. The van der Waals surface area contributed by atoms with Crippen molar-refractivity contribution in [3.05, 3.63) is 52.6 Å². The third-order valence-corrected chi connectivity index (χ3v) is 6.07. The van der Waals surface area contributed by atoms with Crippen molar-refractivity contribution in [1.29, 1.82) is 0 Å². The molecule has 2 nitrogen and oxygen atoms in total. The summed E-state index contributed by atoms with van der Waals surface area (Å²) in [7, 11) is 0. The highest BCUT2D eigenvalue weighted by molar-refractivity contribution is 6.30. The summed E-state index contributed by atoms with van der Waals surface area (Å²) < 4.78 is 2.32. The van der Waals surface area contributed by atoms with Gasteiger partial charge in [0, 0.05) is 12.5 Å². The van der Waals surface area contributed by atoms with E-state index in [1.54, 1.807) is 0 Å². The summed E-state index contributed by atoms with van der Waals surface area (Å²) in [6.45, 7) is 3.12. The number of hydrogen-bond acceptors (Lipinski definition) is 1. The summed E-state index contributed by atoms with van der Waals surface area (Å²) in [4.78, 5) is 4.84. The van der Waals surface area contributed by atoms with E-state index in [0.717, 1.165) is 29.2 Å². The standard InChI is InChI=1S/C20H25ClN2/c1-14-19(21)23(13-15-7-8-15)20(22-14)18-11-9-17(10-12-18)16-5-3-2-4-6-16/h2-6,15,17-18H,7-13H2,1H3. The van der Waals surface area contributed by atoms with Crippen molar-refractivity contribution in [2.24, 2.45) is 5.92 Å². The van der Waals surface area contributed by atoms with E-state index in [2.05, 4.69) is 34.9 Å². The normalized spacial score (nSPS) is 24.8. The maximum atomic E-state index is 6.53. The number of hydrogen-bond donors (Lipinski definition) is 0. The molecule has 1 heterocycles. The van der Waals surface area contributed by atoms with Gasteiger partial charge in [0.15, 0.2) is 0 Å². The SMILES string of the molecule is Cc1nc(C2CCC(c3ccccc3)CC2)n(CC2CC2)c1Cl. The van der Waals surface area contributed by atoms with Crippen LogP contribution in [-0.2, 0) is 6.54 Å². The molecule has 0 amide bonds. The lowest BCUT2D eigenvalue weighted by Crippen LogP contribution is -2.17. The second-order valence-corrected chi connectivity index (χ2v) is 7.72. The molecule has 0 aliphatic heterocycles. The quantitative estimate of drug-likeness (QED) is 0.704. The zero-order valence-corrected chi connectivity index (χ0v) is 14.6. The number of aromatic nitrogens is 2. The van der Waals surface area contributed by atoms with Crippen molar-refractivity contribution in [3.8, 4) is 0 Å². The average molecular weight is 329 g/mol. The Morgan fingerprint density at radius 1 is 1.00 bits per heavy atom. The maximum absolute atomic E-state index is 6.53. The molecule has 122 valence electrons. The molecule has 0 unspecified atom stereocenters. The fourth-order valence-corrected chi connectivity index (χ4v) is 4.23. The Morgan fingerprint density at radius 3 is 2.30 bits per heavy atom. The zero-order valence-electron chi connectivity index (χ0n) is 13.8. The van der Waals surface area contributed by atoms with Crippen LogP contribution in [0.5, 0.6) is 0 Å². The van der Waals surface area contributed by atoms with E-state index in [1.807, 2.05) is 6.92 Å². The highest BCUT2D eigenvalue weighted by atomic mass is 35.5. The fourth-order valence-electron chi connectivity index (χ4n) is 4.03. The molecular formula is C20H25ClN2. The molecule has 3 heteroatoms. The molecule has 2 aliphatic carbocycles. The molecular weight excluding hydrogens is 304 g/mol. The molecule has 0 spiro atoms. The summed E-state index contributed by atoms with van der Waals surface area (Å²) in [5, 5.41) is 0.872. The predicted octanol–water partition coefficient (Wildman–Crippen LogP) is 5.70. The van der Waals surface area contributed by atoms with E-state index >= 15 is 0 Å². The van der Waals surface area contributed by atoms with Crippen LogP contribution >= 0.6 is 11.6 Å². The zero-order chi connectivity index (χ0) is 15.8. The van der Waals surface area contributed by atoms with Crippen LogP contribution < -0.4 is 0 Å². The van der Waals surface area contributed by atoms with Crippen molar-refractivity contribution in [3.63, 3.8) is 0 Å². The number of benzene rings is 1. The number of halogens is 1. The van der Waals surface area contributed by atoms with E-state index in [9.17, 15) is 0 Å². The summed E-state index contributed by atoms with van der Waals surface area (Å²) in [5.74, 6) is 3.39. The highest BCUT2D eigenvalue weighted by Crippen LogP contribution is 2.42. The van der Waals surface area contributed by atoms with Crippen molar-refractivity contribution < 1.29 is 0 Å². The molecule has 2 aromatic rings. The van der Waals surface area contributed by atoms with Crippen LogP contribution in [-0.4, -0.2) is 9.55 Å². The monoisotopic (exact) mass is 328 g/mol. The van der Waals surface area contributed by atoms with Crippen molar-refractivity contribution in [2.45, 2.75) is 63.8 Å². The van der Waals surface area contributed by atoms with Crippen LogP contribution in [0.3, 0.4) is 0 Å². The van der Waals surface area contributed by atoms with Gasteiger partial charge in [-0.05, 0) is 62.8 Å². The fraction of sp³-hybridized carbons (Fsp3) is 0.550. The van der Waals surface area contributed by atoms with Gasteiger partial charge in [-0.15, -0.1) is 0 Å². The highest BCUT2D eigenvalue weighted by Gasteiger charge is 2.30. The Labute approximate surface area is 143 Å². The number of imidazole rings is 1. The van der Waals surface area contributed by atoms with Gasteiger partial charge in [-0.1, -0.05) is 41.9 Å². The second kappa shape index (κ2) is 6.32. The minimum absolute atomic E-state index is 0.583. The lowest BCUT2D eigenvalue weighted by molar-refractivity contribution is 0.374. The number of nitrogens with zero attached hydrogens (tertiary/aromatic N) is 2. The Kier molecular flexibility index (Phi) is 4.19. The molecule has 23 heavy (non-hydrogen) atoms. The van der Waals surface area contributed by atoms with Crippen LogP contribution in [0.25, 0.3) is 0 Å². The van der Waals surface area contributed by atoms with Crippen LogP contribution in [0, 0.1) is 12.8 Å². The smallest absolute Gasteiger partial charge is 0.131 e. The molecule has 2 aliphatic rings. The van der Waals surface area contributed by atoms with E-state index in [0.29, 0.717) is 5.92 Å². The molecule has 2 fully saturated rings. The third kappa shape index (κ3) is 3.19. The number of aryl methyl sites for hydroxylation is 1. The van der Waals surface area contributed by atoms with Crippen molar-refractivity contribution in [2.75, 3.05) is 0 Å². The van der Waals surface area contributed by atoms with Gasteiger partial charge < -0.3 is 4.57 Å². The van der Waals surface area contributed by atoms with Gasteiger partial charge in [-0.3, -0.25) is 0 Å². The lowest BCUT2D eigenvalue weighted by Gasteiger charge is -2.29. The van der Waals surface area contributed by atoms with Gasteiger partial charge in [-0.25, -0.2) is 4.98 Å². The van der Waals surface area contributed by atoms with Gasteiger partial charge in [-0.2, -0.15) is 0 Å². The molecule has 0 N–H and O–H groups in total. The van der Waals surface area contributed by atoms with Crippen LogP contribution in [0.15, 0.2) is 30.3 Å². The molecule has 0 atom stereocenters. The van der Waals surface area contributed by atoms with Gasteiger partial charge in [0.1, 0.15) is 11.0 Å². The summed E-state index contributed by atoms with van der Waals surface area (Å²) >= 11 is 6.53. The Morgan fingerprint density at radius 2 is 1.65 bits per heavy atom. The van der Waals surface area contributed by atoms with E-state index < -0.39 is 0 Å².